The van der Waals surface area contributed by atoms with Crippen molar-refractivity contribution >= 4 is 39.1 Å². The molecule has 0 saturated heterocycles. The third kappa shape index (κ3) is 7.17. The average molecular weight is 498 g/mol. The maximum absolute atomic E-state index is 13.6. The average Bonchev–Trinajstić information content (AvgIpc) is 2.75. The number of carbonyl (C=O) groups is 2. The van der Waals surface area contributed by atoms with E-state index in [1.54, 1.807) is 6.92 Å². The van der Waals surface area contributed by atoms with Crippen LogP contribution in [0.4, 0.5) is 10.1 Å². The molecule has 1 N–H and O–H groups in total. The van der Waals surface area contributed by atoms with Gasteiger partial charge >= 0.3 is 0 Å². The van der Waals surface area contributed by atoms with Gasteiger partial charge in [0.1, 0.15) is 18.4 Å². The molecule has 0 aliphatic rings. The topological polar surface area (TPSA) is 86.8 Å². The van der Waals surface area contributed by atoms with Gasteiger partial charge in [-0.1, -0.05) is 42.8 Å². The first-order chi connectivity index (χ1) is 15.5. The first-order valence-electron chi connectivity index (χ1n) is 10.5. The van der Waals surface area contributed by atoms with Crippen molar-refractivity contribution in [1.82, 2.24) is 10.2 Å². The van der Waals surface area contributed by atoms with Crippen molar-refractivity contribution < 1.29 is 22.4 Å². The number of amides is 2. The summed E-state index contributed by atoms with van der Waals surface area (Å²) in [6.07, 6.45) is 1.68. The molecule has 0 radical (unpaired) electrons. The summed E-state index contributed by atoms with van der Waals surface area (Å²) in [5.41, 5.74) is 1.81. The molecule has 7 nitrogen and oxygen atoms in total. The van der Waals surface area contributed by atoms with Crippen LogP contribution in [0.3, 0.4) is 0 Å². The van der Waals surface area contributed by atoms with Gasteiger partial charge in [0.15, 0.2) is 0 Å². The van der Waals surface area contributed by atoms with Crippen LogP contribution in [0.15, 0.2) is 42.5 Å². The number of nitrogens with one attached hydrogen (secondary N) is 1. The Morgan fingerprint density at radius 1 is 1.18 bits per heavy atom. The summed E-state index contributed by atoms with van der Waals surface area (Å²) in [4.78, 5) is 27.4. The maximum Gasteiger partial charge on any atom is 0.244 e. The zero-order chi connectivity index (χ0) is 24.8. The molecule has 0 spiro atoms. The molecule has 0 fully saturated rings. The van der Waals surface area contributed by atoms with E-state index in [9.17, 15) is 22.4 Å². The lowest BCUT2D eigenvalue weighted by Gasteiger charge is -2.32. The normalized spacial score (nSPS) is 12.2. The largest absolute Gasteiger partial charge is 0.354 e. The molecule has 0 aliphatic heterocycles. The minimum absolute atomic E-state index is 0.0520. The molecule has 0 bridgehead atoms. The lowest BCUT2D eigenvalue weighted by Crippen LogP contribution is -2.51. The van der Waals surface area contributed by atoms with Crippen LogP contribution in [0, 0.1) is 12.7 Å². The number of nitrogens with zero attached hydrogens (tertiary/aromatic N) is 2. The molecule has 0 saturated carbocycles. The van der Waals surface area contributed by atoms with Crippen LogP contribution in [0.2, 0.25) is 5.02 Å². The number of carbonyl (C=O) groups excluding carboxylic acids is 2. The molecule has 33 heavy (non-hydrogen) atoms. The smallest absolute Gasteiger partial charge is 0.244 e. The molecule has 180 valence electrons. The quantitative estimate of drug-likeness (QED) is 0.544. The van der Waals surface area contributed by atoms with Crippen molar-refractivity contribution in [3.05, 3.63) is 64.4 Å². The van der Waals surface area contributed by atoms with E-state index in [0.717, 1.165) is 40.2 Å². The monoisotopic (exact) mass is 497 g/mol. The Balaban J connectivity index is 2.40. The zero-order valence-electron chi connectivity index (χ0n) is 19.1. The number of hydrogen-bond donors (Lipinski definition) is 1. The molecule has 2 aromatic rings. The van der Waals surface area contributed by atoms with E-state index < -0.39 is 34.3 Å². The SMILES string of the molecule is CCCNC(=O)C(C)N(Cc1ccccc1C)C(=O)CN(c1ccc(F)c(Cl)c1)S(C)(=O)=O. The van der Waals surface area contributed by atoms with Gasteiger partial charge in [-0.2, -0.15) is 0 Å². The predicted molar refractivity (Wildman–Crippen MR) is 128 cm³/mol. The van der Waals surface area contributed by atoms with Crippen LogP contribution in [-0.2, 0) is 26.2 Å². The molecule has 1 unspecified atom stereocenters. The number of benzene rings is 2. The molecule has 0 aromatic heterocycles. The third-order valence-electron chi connectivity index (χ3n) is 5.19. The Morgan fingerprint density at radius 2 is 1.85 bits per heavy atom. The van der Waals surface area contributed by atoms with E-state index in [1.807, 2.05) is 38.1 Å². The van der Waals surface area contributed by atoms with Crippen LogP contribution in [-0.4, -0.2) is 50.5 Å². The van der Waals surface area contributed by atoms with Gasteiger partial charge in [-0.15, -0.1) is 0 Å². The van der Waals surface area contributed by atoms with Crippen LogP contribution in [0.1, 0.15) is 31.4 Å². The lowest BCUT2D eigenvalue weighted by molar-refractivity contribution is -0.139. The summed E-state index contributed by atoms with van der Waals surface area (Å²) >= 11 is 5.83. The minimum Gasteiger partial charge on any atom is -0.354 e. The molecule has 2 amide bonds. The van der Waals surface area contributed by atoms with E-state index >= 15 is 0 Å². The molecule has 0 aliphatic carbocycles. The Kier molecular flexibility index (Phi) is 9.25. The van der Waals surface area contributed by atoms with Crippen molar-refractivity contribution in [2.45, 2.75) is 39.8 Å². The Bertz CT molecular complexity index is 1110. The highest BCUT2D eigenvalue weighted by Gasteiger charge is 2.30. The standard InChI is InChI=1S/C23H29ClFN3O4S/c1-5-12-26-23(30)17(3)27(14-18-9-7-6-8-16(18)2)22(29)15-28(33(4,31)32)19-10-11-21(25)20(24)13-19/h6-11,13,17H,5,12,14-15H2,1-4H3,(H,26,30). The molecule has 2 aromatic carbocycles. The highest BCUT2D eigenvalue weighted by atomic mass is 35.5. The Labute approximate surface area is 199 Å². The van der Waals surface area contributed by atoms with Gasteiger partial charge in [-0.05, 0) is 49.6 Å². The van der Waals surface area contributed by atoms with Crippen molar-refractivity contribution in [2.24, 2.45) is 0 Å². The number of hydrogen-bond acceptors (Lipinski definition) is 4. The van der Waals surface area contributed by atoms with Crippen molar-refractivity contribution in [3.63, 3.8) is 0 Å². The highest BCUT2D eigenvalue weighted by molar-refractivity contribution is 7.92. The predicted octanol–water partition coefficient (Wildman–Crippen LogP) is 3.50. The first-order valence-corrected chi connectivity index (χ1v) is 12.7. The summed E-state index contributed by atoms with van der Waals surface area (Å²) in [5, 5.41) is 2.51. The highest BCUT2D eigenvalue weighted by Crippen LogP contribution is 2.25. The summed E-state index contributed by atoms with van der Waals surface area (Å²) in [6.45, 7) is 5.41. The second kappa shape index (κ2) is 11.5. The number of aryl methyl sites for hydroxylation is 1. The van der Waals surface area contributed by atoms with Crippen LogP contribution in [0.5, 0.6) is 0 Å². The second-order valence-corrected chi connectivity index (χ2v) is 10.1. The molecular weight excluding hydrogens is 469 g/mol. The lowest BCUT2D eigenvalue weighted by atomic mass is 10.1. The molecule has 10 heteroatoms. The van der Waals surface area contributed by atoms with Gasteiger partial charge in [0.2, 0.25) is 21.8 Å². The van der Waals surface area contributed by atoms with Crippen LogP contribution in [0.25, 0.3) is 0 Å². The minimum atomic E-state index is -3.91. The van der Waals surface area contributed by atoms with E-state index in [1.165, 1.54) is 11.0 Å². The summed E-state index contributed by atoms with van der Waals surface area (Å²) in [6, 6.07) is 10.0. The van der Waals surface area contributed by atoms with Gasteiger partial charge < -0.3 is 10.2 Å². The van der Waals surface area contributed by atoms with E-state index in [0.29, 0.717) is 6.54 Å². The van der Waals surface area contributed by atoms with E-state index in [-0.39, 0.29) is 23.2 Å². The van der Waals surface area contributed by atoms with Gasteiger partial charge in [-0.25, -0.2) is 12.8 Å². The first kappa shape index (κ1) is 26.6. The number of rotatable bonds is 10. The van der Waals surface area contributed by atoms with Gasteiger partial charge in [0.05, 0.1) is 17.0 Å². The Morgan fingerprint density at radius 3 is 2.42 bits per heavy atom. The molecule has 2 rings (SSSR count). The summed E-state index contributed by atoms with van der Waals surface area (Å²) < 4.78 is 39.4. The molecule has 0 heterocycles. The summed E-state index contributed by atoms with van der Waals surface area (Å²) in [5.74, 6) is -1.62. The van der Waals surface area contributed by atoms with Gasteiger partial charge in [-0.3, -0.25) is 13.9 Å². The van der Waals surface area contributed by atoms with Crippen molar-refractivity contribution in [2.75, 3.05) is 23.7 Å². The van der Waals surface area contributed by atoms with Crippen LogP contribution >= 0.6 is 11.6 Å². The molecule has 1 atom stereocenters. The van der Waals surface area contributed by atoms with E-state index in [2.05, 4.69) is 5.32 Å². The second-order valence-electron chi connectivity index (χ2n) is 7.78. The van der Waals surface area contributed by atoms with Crippen LogP contribution < -0.4 is 9.62 Å². The summed E-state index contributed by atoms with van der Waals surface area (Å²) in [7, 11) is -3.91. The number of anilines is 1. The Hall–Kier alpha value is -2.65. The van der Waals surface area contributed by atoms with Gasteiger partial charge in [0.25, 0.3) is 0 Å². The number of halogens is 2. The zero-order valence-corrected chi connectivity index (χ0v) is 20.7. The fraction of sp³-hybridized carbons (Fsp3) is 0.391. The van der Waals surface area contributed by atoms with Crippen molar-refractivity contribution in [3.8, 4) is 0 Å². The third-order valence-corrected chi connectivity index (χ3v) is 6.62. The maximum atomic E-state index is 13.6. The number of sulfonamides is 1. The fourth-order valence-electron chi connectivity index (χ4n) is 3.20. The van der Waals surface area contributed by atoms with Gasteiger partial charge in [0, 0.05) is 13.1 Å². The molecular formula is C23H29ClFN3O4S. The van der Waals surface area contributed by atoms with Crippen molar-refractivity contribution in [1.29, 1.82) is 0 Å². The fourth-order valence-corrected chi connectivity index (χ4v) is 4.22. The van der Waals surface area contributed by atoms with E-state index in [4.69, 9.17) is 11.6 Å².